The van der Waals surface area contributed by atoms with Crippen LogP contribution < -0.4 is 33.2 Å². The lowest BCUT2D eigenvalue weighted by atomic mass is 9.84. The van der Waals surface area contributed by atoms with Gasteiger partial charge in [0.1, 0.15) is 12.1 Å². The Morgan fingerprint density at radius 3 is 2.28 bits per heavy atom. The monoisotopic (exact) mass is 504 g/mol. The van der Waals surface area contributed by atoms with Crippen molar-refractivity contribution >= 4 is 35.1 Å². The first-order valence-electron chi connectivity index (χ1n) is 12.1. The highest BCUT2D eigenvalue weighted by atomic mass is 16.6. The summed E-state index contributed by atoms with van der Waals surface area (Å²) in [6.07, 6.45) is 5.58. The van der Waals surface area contributed by atoms with E-state index in [9.17, 15) is 24.5 Å². The number of nitro groups is 1. The summed E-state index contributed by atoms with van der Waals surface area (Å²) in [5.41, 5.74) is 17.0. The lowest BCUT2D eigenvalue weighted by Gasteiger charge is -2.28. The number of hydrogen-bond donors (Lipinski definition) is 6. The van der Waals surface area contributed by atoms with E-state index in [2.05, 4.69) is 20.9 Å². The van der Waals surface area contributed by atoms with E-state index in [1.165, 1.54) is 31.2 Å². The number of nitrogens with one attached hydrogen (secondary N) is 3. The topological polar surface area (TPSA) is 221 Å². The molecule has 0 aromatic heterocycles. The van der Waals surface area contributed by atoms with Crippen LogP contribution in [0.25, 0.3) is 0 Å². The summed E-state index contributed by atoms with van der Waals surface area (Å²) in [7, 11) is 0. The summed E-state index contributed by atoms with van der Waals surface area (Å²) in [6.45, 7) is 1.77. The highest BCUT2D eigenvalue weighted by molar-refractivity contribution is 5.98. The van der Waals surface area contributed by atoms with E-state index < -0.39 is 40.8 Å². The molecular formula is C23H36N8O5. The van der Waals surface area contributed by atoms with Gasteiger partial charge in [0.05, 0.1) is 11.0 Å². The number of amides is 3. The van der Waals surface area contributed by atoms with Crippen molar-refractivity contribution < 1.29 is 19.3 Å². The Morgan fingerprint density at radius 2 is 1.69 bits per heavy atom. The Balaban J connectivity index is 2.00. The summed E-state index contributed by atoms with van der Waals surface area (Å²) < 4.78 is 0. The molecule has 13 nitrogen and oxygen atoms in total. The van der Waals surface area contributed by atoms with Gasteiger partial charge in [-0.05, 0) is 50.7 Å². The van der Waals surface area contributed by atoms with Crippen LogP contribution in [0.1, 0.15) is 51.9 Å². The summed E-state index contributed by atoms with van der Waals surface area (Å²) in [4.78, 5) is 52.5. The number of nitrogens with zero attached hydrogens (tertiary/aromatic N) is 2. The molecule has 1 fully saturated rings. The van der Waals surface area contributed by atoms with Crippen LogP contribution >= 0.6 is 0 Å². The highest BCUT2D eigenvalue weighted by Crippen LogP contribution is 2.25. The van der Waals surface area contributed by atoms with E-state index in [0.29, 0.717) is 12.1 Å². The molecule has 1 aliphatic carbocycles. The average molecular weight is 505 g/mol. The molecule has 0 radical (unpaired) electrons. The minimum Gasteiger partial charge on any atom is -0.370 e. The van der Waals surface area contributed by atoms with E-state index in [0.717, 1.165) is 32.1 Å². The second-order valence-electron chi connectivity index (χ2n) is 8.96. The van der Waals surface area contributed by atoms with Crippen LogP contribution in [-0.2, 0) is 14.4 Å². The zero-order valence-electron chi connectivity index (χ0n) is 20.4. The van der Waals surface area contributed by atoms with E-state index in [1.54, 1.807) is 0 Å². The molecule has 2 rings (SSSR count). The molecule has 3 unspecified atom stereocenters. The molecule has 9 N–H and O–H groups in total. The van der Waals surface area contributed by atoms with Crippen molar-refractivity contribution in [1.82, 2.24) is 10.6 Å². The second-order valence-corrected chi connectivity index (χ2v) is 8.96. The number of nitro benzene ring substituents is 1. The first-order valence-corrected chi connectivity index (χ1v) is 12.1. The summed E-state index contributed by atoms with van der Waals surface area (Å²) >= 11 is 0. The molecule has 1 aromatic carbocycles. The minimum atomic E-state index is -0.965. The number of anilines is 1. The third kappa shape index (κ3) is 9.13. The largest absolute Gasteiger partial charge is 0.370 e. The summed E-state index contributed by atoms with van der Waals surface area (Å²) in [5, 5.41) is 18.8. The maximum absolute atomic E-state index is 12.9. The predicted molar refractivity (Wildman–Crippen MR) is 136 cm³/mol. The maximum atomic E-state index is 12.9. The quantitative estimate of drug-likeness (QED) is 0.0770. The number of rotatable bonds is 12. The number of aliphatic imine (C=N–C) groups is 1. The second kappa shape index (κ2) is 14.0. The molecule has 0 saturated heterocycles. The number of hydrogen-bond acceptors (Lipinski definition) is 7. The van der Waals surface area contributed by atoms with Crippen molar-refractivity contribution in [2.45, 2.75) is 70.0 Å². The van der Waals surface area contributed by atoms with Crippen molar-refractivity contribution in [2.75, 3.05) is 11.9 Å². The molecule has 36 heavy (non-hydrogen) atoms. The zero-order chi connectivity index (χ0) is 26.7. The Bertz CT molecular complexity index is 942. The Labute approximate surface area is 209 Å². The zero-order valence-corrected chi connectivity index (χ0v) is 20.4. The van der Waals surface area contributed by atoms with Crippen LogP contribution in [0.4, 0.5) is 11.4 Å². The molecule has 13 heteroatoms. The predicted octanol–water partition coefficient (Wildman–Crippen LogP) is 0.484. The Hall–Kier alpha value is -3.74. The number of non-ortho nitro benzene ring substituents is 1. The SMILES string of the molecule is CC(NC(=O)C(N)C1CCCCC1)C(=O)NC(CCCN=C(N)N)C(=O)Nc1ccc([N+](=O)[O-])cc1. The van der Waals surface area contributed by atoms with Crippen molar-refractivity contribution in [1.29, 1.82) is 0 Å². The maximum Gasteiger partial charge on any atom is 0.269 e. The van der Waals surface area contributed by atoms with Crippen molar-refractivity contribution in [3.63, 3.8) is 0 Å². The molecule has 3 atom stereocenters. The molecule has 0 heterocycles. The molecule has 3 amide bonds. The highest BCUT2D eigenvalue weighted by Gasteiger charge is 2.29. The average Bonchev–Trinajstić information content (AvgIpc) is 2.85. The number of nitrogens with two attached hydrogens (primary N) is 3. The third-order valence-electron chi connectivity index (χ3n) is 6.14. The number of carbonyl (C=O) groups excluding carboxylic acids is 3. The van der Waals surface area contributed by atoms with Crippen LogP contribution in [0.3, 0.4) is 0 Å². The van der Waals surface area contributed by atoms with Crippen LogP contribution in [0, 0.1) is 16.0 Å². The van der Waals surface area contributed by atoms with Gasteiger partial charge in [-0.3, -0.25) is 29.5 Å². The van der Waals surface area contributed by atoms with Crippen molar-refractivity contribution in [3.05, 3.63) is 34.4 Å². The molecule has 0 aliphatic heterocycles. The van der Waals surface area contributed by atoms with Gasteiger partial charge in [-0.25, -0.2) is 0 Å². The number of benzene rings is 1. The lowest BCUT2D eigenvalue weighted by Crippen LogP contribution is -2.55. The smallest absolute Gasteiger partial charge is 0.269 e. The summed E-state index contributed by atoms with van der Waals surface area (Å²) in [6, 6.07) is 2.73. The van der Waals surface area contributed by atoms with Crippen LogP contribution in [0.2, 0.25) is 0 Å². The normalized spacial score (nSPS) is 16.2. The van der Waals surface area contributed by atoms with E-state index in [-0.39, 0.29) is 30.5 Å². The fraction of sp³-hybridized carbons (Fsp3) is 0.565. The molecule has 0 spiro atoms. The molecule has 0 bridgehead atoms. The number of carbonyl (C=O) groups is 3. The van der Waals surface area contributed by atoms with Crippen molar-refractivity contribution in [3.8, 4) is 0 Å². The number of guanidine groups is 1. The van der Waals surface area contributed by atoms with Gasteiger partial charge < -0.3 is 33.2 Å². The van der Waals surface area contributed by atoms with E-state index in [1.807, 2.05) is 0 Å². The Kier molecular flexibility index (Phi) is 11.1. The third-order valence-corrected chi connectivity index (χ3v) is 6.14. The van der Waals surface area contributed by atoms with Gasteiger partial charge in [-0.15, -0.1) is 0 Å². The first kappa shape index (κ1) is 28.5. The molecule has 1 saturated carbocycles. The van der Waals surface area contributed by atoms with Crippen LogP contribution in [0.5, 0.6) is 0 Å². The molecule has 1 aromatic rings. The van der Waals surface area contributed by atoms with Gasteiger partial charge in [0.25, 0.3) is 5.69 Å². The standard InChI is InChI=1S/C23H36N8O5/c1-14(28-22(34)19(24)15-6-3-2-4-7-15)20(32)30-18(8-5-13-27-23(25)26)21(33)29-16-9-11-17(12-10-16)31(35)36/h9-12,14-15,18-19H,2-8,13,24H2,1H3,(H,28,34)(H,29,33)(H,30,32)(H4,25,26,27). The van der Waals surface area contributed by atoms with Gasteiger partial charge >= 0.3 is 0 Å². The van der Waals surface area contributed by atoms with Crippen LogP contribution in [0.15, 0.2) is 29.3 Å². The van der Waals surface area contributed by atoms with Gasteiger partial charge in [0.15, 0.2) is 5.96 Å². The van der Waals surface area contributed by atoms with Gasteiger partial charge in [-0.2, -0.15) is 0 Å². The summed E-state index contributed by atoms with van der Waals surface area (Å²) in [5.74, 6) is -1.48. The Morgan fingerprint density at radius 1 is 1.06 bits per heavy atom. The first-order chi connectivity index (χ1) is 17.1. The molecule has 198 valence electrons. The van der Waals surface area contributed by atoms with E-state index >= 15 is 0 Å². The minimum absolute atomic E-state index is 0.0865. The van der Waals surface area contributed by atoms with Crippen molar-refractivity contribution in [2.24, 2.45) is 28.1 Å². The van der Waals surface area contributed by atoms with Gasteiger partial charge in [0, 0.05) is 24.4 Å². The van der Waals surface area contributed by atoms with Crippen LogP contribution in [-0.4, -0.2) is 53.3 Å². The fourth-order valence-electron chi connectivity index (χ4n) is 4.05. The van der Waals surface area contributed by atoms with Gasteiger partial charge in [-0.1, -0.05) is 19.3 Å². The van der Waals surface area contributed by atoms with Gasteiger partial charge in [0.2, 0.25) is 17.7 Å². The lowest BCUT2D eigenvalue weighted by molar-refractivity contribution is -0.384. The van der Waals surface area contributed by atoms with E-state index in [4.69, 9.17) is 17.2 Å². The molecule has 1 aliphatic rings. The molecular weight excluding hydrogens is 468 g/mol. The fourth-order valence-corrected chi connectivity index (χ4v) is 4.05.